The maximum atomic E-state index is 11.7. The van der Waals surface area contributed by atoms with Gasteiger partial charge in [0.05, 0.1) is 23.1 Å². The van der Waals surface area contributed by atoms with Crippen molar-refractivity contribution in [1.82, 2.24) is 30.4 Å². The van der Waals surface area contributed by atoms with Crippen LogP contribution in [0.15, 0.2) is 65.8 Å². The van der Waals surface area contributed by atoms with Gasteiger partial charge in [-0.3, -0.25) is 19.8 Å². The number of nitrogens with zero attached hydrogens (tertiary/aromatic N) is 4. The van der Waals surface area contributed by atoms with Crippen LogP contribution < -0.4 is 5.46 Å². The first-order valence-electron chi connectivity index (χ1n) is 13.6. The smallest absolute Gasteiger partial charge is 0.399 e. The zero-order chi connectivity index (χ0) is 34.3. The quantitative estimate of drug-likeness (QED) is 0.152. The predicted molar refractivity (Wildman–Crippen MR) is 176 cm³/mol. The van der Waals surface area contributed by atoms with Crippen LogP contribution in [0.5, 0.6) is 0 Å². The van der Waals surface area contributed by atoms with E-state index >= 15 is 0 Å². The Morgan fingerprint density at radius 2 is 1.28 bits per heavy atom. The van der Waals surface area contributed by atoms with Crippen molar-refractivity contribution in [2.75, 3.05) is 24.0 Å². The van der Waals surface area contributed by atoms with Crippen molar-refractivity contribution in [3.63, 3.8) is 0 Å². The number of ketones is 2. The zero-order valence-electron chi connectivity index (χ0n) is 26.0. The van der Waals surface area contributed by atoms with E-state index in [1.54, 1.807) is 49.1 Å². The Balaban J connectivity index is 0.000000190. The molecule has 0 unspecified atom stereocenters. The molecule has 246 valence electrons. The Morgan fingerprint density at radius 3 is 1.74 bits per heavy atom. The fourth-order valence-electron chi connectivity index (χ4n) is 3.70. The second kappa shape index (κ2) is 14.9. The van der Waals surface area contributed by atoms with E-state index in [0.29, 0.717) is 10.3 Å². The van der Waals surface area contributed by atoms with Gasteiger partial charge in [0.15, 0.2) is 31.2 Å². The molecule has 1 saturated heterocycles. The largest absolute Gasteiger partial charge is 0.498 e. The third kappa shape index (κ3) is 11.0. The monoisotopic (exact) mass is 736 g/mol. The lowest BCUT2D eigenvalue weighted by Crippen LogP contribution is -2.41. The van der Waals surface area contributed by atoms with Crippen molar-refractivity contribution < 1.29 is 35.7 Å². The normalized spacial score (nSPS) is 15.2. The minimum atomic E-state index is -3.35. The van der Waals surface area contributed by atoms with Gasteiger partial charge in [0.1, 0.15) is 27.5 Å². The van der Waals surface area contributed by atoms with Crippen LogP contribution in [0.4, 0.5) is 0 Å². The molecule has 0 aromatic carbocycles. The van der Waals surface area contributed by atoms with Gasteiger partial charge >= 0.3 is 7.12 Å². The van der Waals surface area contributed by atoms with Gasteiger partial charge in [-0.15, -0.1) is 0 Å². The number of hydrogen-bond acceptors (Lipinski definition) is 12. The molecule has 1 fully saturated rings. The van der Waals surface area contributed by atoms with Gasteiger partial charge in [-0.25, -0.2) is 26.8 Å². The third-order valence-electron chi connectivity index (χ3n) is 6.66. The molecule has 0 aliphatic carbocycles. The molecule has 18 heteroatoms. The highest BCUT2D eigenvalue weighted by atomic mass is 79.9. The van der Waals surface area contributed by atoms with E-state index in [0.717, 1.165) is 23.5 Å². The number of rotatable bonds is 8. The average molecular weight is 737 g/mol. The van der Waals surface area contributed by atoms with Gasteiger partial charge in [-0.2, -0.15) is 10.2 Å². The second-order valence-electron chi connectivity index (χ2n) is 11.3. The number of Topliss-reactive ketones (excluding diaryl/α,β-unsaturated/α-hetero) is 2. The van der Waals surface area contributed by atoms with Crippen LogP contribution in [-0.4, -0.2) is 101 Å². The van der Waals surface area contributed by atoms with Crippen molar-refractivity contribution in [2.45, 2.75) is 38.9 Å². The zero-order valence-corrected chi connectivity index (χ0v) is 29.2. The summed E-state index contributed by atoms with van der Waals surface area (Å²) in [6.45, 7) is 8.14. The van der Waals surface area contributed by atoms with E-state index in [4.69, 9.17) is 9.31 Å². The number of aromatic nitrogens is 6. The maximum Gasteiger partial charge on any atom is 0.498 e. The summed E-state index contributed by atoms with van der Waals surface area (Å²) in [6, 6.07) is 9.66. The number of hydrogen-bond donors (Lipinski definition) is 2. The number of aromatic amines is 2. The maximum absolute atomic E-state index is 11.7. The minimum absolute atomic E-state index is 0.138. The minimum Gasteiger partial charge on any atom is -0.399 e. The van der Waals surface area contributed by atoms with Gasteiger partial charge < -0.3 is 9.31 Å². The molecule has 4 aromatic rings. The van der Waals surface area contributed by atoms with E-state index in [-0.39, 0.29) is 29.7 Å². The van der Waals surface area contributed by atoms with Gasteiger partial charge in [0.2, 0.25) is 0 Å². The van der Waals surface area contributed by atoms with Crippen molar-refractivity contribution in [1.29, 1.82) is 0 Å². The fraction of sp³-hybridized carbons (Fsp3) is 0.357. The Morgan fingerprint density at radius 1 is 0.783 bits per heavy atom. The Labute approximate surface area is 276 Å². The Kier molecular flexibility index (Phi) is 11.9. The lowest BCUT2D eigenvalue weighted by atomic mass is 9.82. The summed E-state index contributed by atoms with van der Waals surface area (Å²) in [5.41, 5.74) is 1.98. The summed E-state index contributed by atoms with van der Waals surface area (Å²) >= 11 is 3.10. The molecule has 14 nitrogen and oxygen atoms in total. The highest BCUT2D eigenvalue weighted by Gasteiger charge is 2.51. The molecular weight excluding hydrogens is 703 g/mol. The molecule has 1 aliphatic rings. The average Bonchev–Trinajstić information content (AvgIpc) is 3.70. The molecule has 0 saturated carbocycles. The summed E-state index contributed by atoms with van der Waals surface area (Å²) in [6.07, 6.45) is 8.78. The van der Waals surface area contributed by atoms with Crippen LogP contribution in [0.3, 0.4) is 0 Å². The molecule has 46 heavy (non-hydrogen) atoms. The van der Waals surface area contributed by atoms with Crippen molar-refractivity contribution in [2.24, 2.45) is 0 Å². The summed E-state index contributed by atoms with van der Waals surface area (Å²) in [7, 11) is -6.94. The molecule has 5 heterocycles. The van der Waals surface area contributed by atoms with Crippen LogP contribution in [0.2, 0.25) is 0 Å². The van der Waals surface area contributed by atoms with Gasteiger partial charge in [-0.05, 0) is 67.9 Å². The second-order valence-corrected chi connectivity index (χ2v) is 16.4. The molecule has 0 radical (unpaired) electrons. The van der Waals surface area contributed by atoms with Crippen molar-refractivity contribution in [3.05, 3.63) is 77.2 Å². The summed E-state index contributed by atoms with van der Waals surface area (Å²) in [4.78, 5) is 31.1. The van der Waals surface area contributed by atoms with Crippen LogP contribution >= 0.6 is 15.9 Å². The number of pyridine rings is 2. The van der Waals surface area contributed by atoms with Crippen LogP contribution in [-0.2, 0) is 29.0 Å². The fourth-order valence-corrected chi connectivity index (χ4v) is 5.29. The lowest BCUT2D eigenvalue weighted by Gasteiger charge is -2.32. The molecular formula is C28H34BBrN6O8S2. The van der Waals surface area contributed by atoms with Gasteiger partial charge in [0.25, 0.3) is 0 Å². The standard InChI is InChI=1S/C11H11N3O3S.C9H15BN2O2.C8H8BrNO3S/c1-18(16,17)7-11(15)10-4-2-3-9(14-10)8-5-12-13-6-8;1-8(2)9(3,4)14-10(13-8)7-5-11-12-6-7;1-14(12,13)5-7(11)6-3-2-4-8(9)10-6/h2-6H,7H2,1H3,(H,12,13);5-6H,1-4H3,(H,11,12);2-4H,5H2,1H3. The molecule has 0 spiro atoms. The first-order chi connectivity index (χ1) is 21.3. The SMILES string of the molecule is CC1(C)OB(c2cn[nH]c2)OC1(C)C.CS(=O)(=O)CC(=O)c1cccc(-c2cn[nH]c2)n1.CS(=O)(=O)CC(=O)c1cccc(Br)n1. The summed E-state index contributed by atoms with van der Waals surface area (Å²) < 4.78 is 56.0. The van der Waals surface area contributed by atoms with E-state index in [2.05, 4.69) is 46.3 Å². The highest BCUT2D eigenvalue weighted by Crippen LogP contribution is 2.36. The van der Waals surface area contributed by atoms with Crippen LogP contribution in [0.1, 0.15) is 48.7 Å². The Hall–Kier alpha value is -3.58. The van der Waals surface area contributed by atoms with E-state index in [1.165, 1.54) is 12.1 Å². The van der Waals surface area contributed by atoms with E-state index < -0.39 is 42.7 Å². The molecule has 2 N–H and O–H groups in total. The van der Waals surface area contributed by atoms with Gasteiger partial charge in [-0.1, -0.05) is 12.1 Å². The highest BCUT2D eigenvalue weighted by molar-refractivity contribution is 9.10. The van der Waals surface area contributed by atoms with Gasteiger partial charge in [0, 0.05) is 42.1 Å². The van der Waals surface area contributed by atoms with E-state index in [1.807, 2.05) is 27.7 Å². The third-order valence-corrected chi connectivity index (χ3v) is 8.68. The number of carbonyl (C=O) groups is 2. The van der Waals surface area contributed by atoms with Crippen LogP contribution in [0, 0.1) is 0 Å². The van der Waals surface area contributed by atoms with Crippen molar-refractivity contribution >= 4 is 59.8 Å². The molecule has 4 aromatic heterocycles. The Bertz CT molecular complexity index is 1850. The molecule has 0 amide bonds. The molecule has 0 atom stereocenters. The van der Waals surface area contributed by atoms with Crippen LogP contribution in [0.25, 0.3) is 11.3 Å². The summed E-state index contributed by atoms with van der Waals surface area (Å²) in [5, 5.41) is 13.1. The predicted octanol–water partition coefficient (Wildman–Crippen LogP) is 2.48. The number of H-pyrrole nitrogens is 2. The molecule has 1 aliphatic heterocycles. The molecule has 5 rings (SSSR count). The first kappa shape index (κ1) is 36.9. The lowest BCUT2D eigenvalue weighted by molar-refractivity contribution is 0.00578. The number of halogens is 1. The first-order valence-corrected chi connectivity index (χ1v) is 18.5. The number of carbonyl (C=O) groups excluding carboxylic acids is 2. The van der Waals surface area contributed by atoms with Crippen molar-refractivity contribution in [3.8, 4) is 11.3 Å². The number of sulfone groups is 2. The number of nitrogens with one attached hydrogen (secondary N) is 2. The summed E-state index contributed by atoms with van der Waals surface area (Å²) in [5.74, 6) is -2.04. The molecule has 0 bridgehead atoms. The van der Waals surface area contributed by atoms with E-state index in [9.17, 15) is 26.4 Å². The topological polar surface area (TPSA) is 204 Å².